The number of hydrogen-bond donors (Lipinski definition) is 1. The molecule has 4 heteroatoms. The molecule has 1 saturated heterocycles. The lowest BCUT2D eigenvalue weighted by Gasteiger charge is -2.39. The lowest BCUT2D eigenvalue weighted by Crippen LogP contribution is -2.46. The summed E-state index contributed by atoms with van der Waals surface area (Å²) >= 11 is 1.83. The fraction of sp³-hybridized carbons (Fsp3) is 0.714. The van der Waals surface area contributed by atoms with E-state index >= 15 is 0 Å². The number of aryl methyl sites for hydroxylation is 1. The van der Waals surface area contributed by atoms with Crippen molar-refractivity contribution < 1.29 is 4.74 Å². The second kappa shape index (κ2) is 6.15. The van der Waals surface area contributed by atoms with E-state index in [-0.39, 0.29) is 6.04 Å². The van der Waals surface area contributed by atoms with Gasteiger partial charge in [-0.3, -0.25) is 4.90 Å². The molecule has 0 bridgehead atoms. The monoisotopic (exact) mass is 268 g/mol. The predicted molar refractivity (Wildman–Crippen MR) is 77.1 cm³/mol. The summed E-state index contributed by atoms with van der Waals surface area (Å²) in [6.07, 6.45) is 2.73. The molecule has 3 atom stereocenters. The number of nitrogens with two attached hydrogens (primary N) is 1. The van der Waals surface area contributed by atoms with E-state index in [1.54, 1.807) is 0 Å². The lowest BCUT2D eigenvalue weighted by atomic mass is 9.99. The molecule has 1 fully saturated rings. The number of likely N-dealkylation sites (tertiary alicyclic amines) is 1. The van der Waals surface area contributed by atoms with Crippen LogP contribution in [0.5, 0.6) is 0 Å². The zero-order chi connectivity index (χ0) is 13.1. The zero-order valence-electron chi connectivity index (χ0n) is 11.6. The van der Waals surface area contributed by atoms with Gasteiger partial charge in [-0.2, -0.15) is 0 Å². The van der Waals surface area contributed by atoms with Gasteiger partial charge in [-0.05, 0) is 50.2 Å². The van der Waals surface area contributed by atoms with Crippen LogP contribution in [0.2, 0.25) is 0 Å². The summed E-state index contributed by atoms with van der Waals surface area (Å²) in [7, 11) is 1.81. The predicted octanol–water partition coefficient (Wildman–Crippen LogP) is 2.56. The third-order valence-electron chi connectivity index (χ3n) is 3.80. The normalized spacial score (nSPS) is 25.0. The third kappa shape index (κ3) is 2.94. The van der Waals surface area contributed by atoms with E-state index in [0.717, 1.165) is 13.1 Å². The number of ether oxygens (including phenoxy) is 1. The van der Waals surface area contributed by atoms with Crippen LogP contribution in [0, 0.1) is 6.92 Å². The molecule has 0 aromatic carbocycles. The van der Waals surface area contributed by atoms with Crippen LogP contribution in [-0.4, -0.2) is 37.2 Å². The van der Waals surface area contributed by atoms with E-state index in [9.17, 15) is 0 Å². The van der Waals surface area contributed by atoms with Crippen LogP contribution < -0.4 is 5.73 Å². The molecule has 1 aliphatic rings. The van der Waals surface area contributed by atoms with Crippen molar-refractivity contribution >= 4 is 11.3 Å². The molecule has 3 nitrogen and oxygen atoms in total. The van der Waals surface area contributed by atoms with E-state index in [1.807, 2.05) is 18.4 Å². The van der Waals surface area contributed by atoms with Crippen LogP contribution in [0.25, 0.3) is 0 Å². The van der Waals surface area contributed by atoms with Crippen molar-refractivity contribution in [3.05, 3.63) is 21.9 Å². The molecule has 18 heavy (non-hydrogen) atoms. The molecule has 2 rings (SSSR count). The molecule has 1 aromatic rings. The second-order valence-corrected chi connectivity index (χ2v) is 6.21. The molecule has 0 spiro atoms. The Bertz CT molecular complexity index is 378. The first-order valence-electron chi connectivity index (χ1n) is 6.70. The topological polar surface area (TPSA) is 38.5 Å². The highest BCUT2D eigenvalue weighted by Gasteiger charge is 2.30. The second-order valence-electron chi connectivity index (χ2n) is 5.27. The van der Waals surface area contributed by atoms with Crippen molar-refractivity contribution in [1.29, 1.82) is 0 Å². The Morgan fingerprint density at radius 1 is 1.56 bits per heavy atom. The van der Waals surface area contributed by atoms with Gasteiger partial charge in [0.2, 0.25) is 0 Å². The highest BCUT2D eigenvalue weighted by atomic mass is 32.1. The summed E-state index contributed by atoms with van der Waals surface area (Å²) in [4.78, 5) is 3.92. The Hall–Kier alpha value is -0.420. The largest absolute Gasteiger partial charge is 0.380 e. The summed E-state index contributed by atoms with van der Waals surface area (Å²) in [5, 5.41) is 2.16. The lowest BCUT2D eigenvalue weighted by molar-refractivity contribution is 0.0109. The van der Waals surface area contributed by atoms with Crippen molar-refractivity contribution in [1.82, 2.24) is 4.90 Å². The highest BCUT2D eigenvalue weighted by Crippen LogP contribution is 2.32. The number of rotatable bonds is 4. The van der Waals surface area contributed by atoms with Gasteiger partial charge in [-0.15, -0.1) is 11.3 Å². The van der Waals surface area contributed by atoms with E-state index < -0.39 is 0 Å². The minimum absolute atomic E-state index is 0.151. The molecular formula is C14H24N2OS. The first-order valence-corrected chi connectivity index (χ1v) is 7.58. The fourth-order valence-corrected chi connectivity index (χ4v) is 4.01. The minimum Gasteiger partial charge on any atom is -0.380 e. The van der Waals surface area contributed by atoms with Crippen LogP contribution >= 0.6 is 11.3 Å². The van der Waals surface area contributed by atoms with E-state index in [0.29, 0.717) is 12.1 Å². The Morgan fingerprint density at radius 3 is 2.89 bits per heavy atom. The molecule has 0 amide bonds. The van der Waals surface area contributed by atoms with E-state index in [1.165, 1.54) is 23.3 Å². The Morgan fingerprint density at radius 2 is 2.33 bits per heavy atom. The summed E-state index contributed by atoms with van der Waals surface area (Å²) in [5.74, 6) is 0. The number of nitrogens with zero attached hydrogens (tertiary/aromatic N) is 1. The first-order chi connectivity index (χ1) is 8.63. The summed E-state index contributed by atoms with van der Waals surface area (Å²) in [6.45, 7) is 6.42. The molecule has 2 heterocycles. The van der Waals surface area contributed by atoms with Crippen LogP contribution in [-0.2, 0) is 4.74 Å². The van der Waals surface area contributed by atoms with Crippen molar-refractivity contribution in [2.24, 2.45) is 5.73 Å². The van der Waals surface area contributed by atoms with Crippen molar-refractivity contribution in [2.75, 3.05) is 20.2 Å². The van der Waals surface area contributed by atoms with Gasteiger partial charge in [0.1, 0.15) is 0 Å². The van der Waals surface area contributed by atoms with Gasteiger partial charge in [0.15, 0.2) is 0 Å². The molecule has 0 radical (unpaired) electrons. The first kappa shape index (κ1) is 14.0. The SMILES string of the molecule is COC1CCCN(C(c2sccc2C)C(C)N)C1. The summed E-state index contributed by atoms with van der Waals surface area (Å²) in [6, 6.07) is 2.67. The quantitative estimate of drug-likeness (QED) is 0.912. The third-order valence-corrected chi connectivity index (χ3v) is 4.89. The molecule has 1 aliphatic heterocycles. The smallest absolute Gasteiger partial charge is 0.0698 e. The molecule has 2 N–H and O–H groups in total. The van der Waals surface area contributed by atoms with Crippen LogP contribution in [0.1, 0.15) is 36.2 Å². The van der Waals surface area contributed by atoms with Gasteiger partial charge >= 0.3 is 0 Å². The number of thiophene rings is 1. The average Bonchev–Trinajstić information content (AvgIpc) is 2.76. The maximum Gasteiger partial charge on any atom is 0.0698 e. The van der Waals surface area contributed by atoms with Crippen molar-refractivity contribution in [2.45, 2.75) is 44.9 Å². The maximum atomic E-state index is 6.24. The average molecular weight is 268 g/mol. The number of hydrogen-bond acceptors (Lipinski definition) is 4. The molecule has 102 valence electrons. The van der Waals surface area contributed by atoms with Gasteiger partial charge in [-0.25, -0.2) is 0 Å². The maximum absolute atomic E-state index is 6.24. The molecule has 1 aromatic heterocycles. The van der Waals surface area contributed by atoms with Gasteiger partial charge in [0.25, 0.3) is 0 Å². The van der Waals surface area contributed by atoms with Gasteiger partial charge < -0.3 is 10.5 Å². The van der Waals surface area contributed by atoms with Crippen LogP contribution in [0.3, 0.4) is 0 Å². The van der Waals surface area contributed by atoms with Crippen molar-refractivity contribution in [3.8, 4) is 0 Å². The standard InChI is InChI=1S/C14H24N2OS/c1-10-6-8-18-14(10)13(11(2)15)16-7-4-5-12(9-16)17-3/h6,8,11-13H,4-5,7,9,15H2,1-3H3. The molecule has 0 aliphatic carbocycles. The Labute approximate surface area is 114 Å². The van der Waals surface area contributed by atoms with Crippen LogP contribution in [0.4, 0.5) is 0 Å². The fourth-order valence-electron chi connectivity index (χ4n) is 2.84. The molecular weight excluding hydrogens is 244 g/mol. The molecule has 3 unspecified atom stereocenters. The van der Waals surface area contributed by atoms with Crippen LogP contribution in [0.15, 0.2) is 11.4 Å². The highest BCUT2D eigenvalue weighted by molar-refractivity contribution is 7.10. The summed E-state index contributed by atoms with van der Waals surface area (Å²) < 4.78 is 5.52. The zero-order valence-corrected chi connectivity index (χ0v) is 12.4. The van der Waals surface area contributed by atoms with Crippen molar-refractivity contribution in [3.63, 3.8) is 0 Å². The minimum atomic E-state index is 0.151. The number of methoxy groups -OCH3 is 1. The number of piperidine rings is 1. The van der Waals surface area contributed by atoms with E-state index in [2.05, 4.69) is 30.2 Å². The van der Waals surface area contributed by atoms with Gasteiger partial charge in [0.05, 0.1) is 12.1 Å². The summed E-state index contributed by atoms with van der Waals surface area (Å²) in [5.41, 5.74) is 7.60. The van der Waals surface area contributed by atoms with Gasteiger partial charge in [-0.1, -0.05) is 0 Å². The molecule has 0 saturated carbocycles. The Kier molecular flexibility index (Phi) is 4.78. The van der Waals surface area contributed by atoms with E-state index in [4.69, 9.17) is 10.5 Å². The Balaban J connectivity index is 2.18. The van der Waals surface area contributed by atoms with Gasteiger partial charge in [0, 0.05) is 24.6 Å².